The first kappa shape index (κ1) is 24.2. The van der Waals surface area contributed by atoms with Crippen LogP contribution in [0.1, 0.15) is 76.4 Å². The first-order chi connectivity index (χ1) is 15.0. The lowest BCUT2D eigenvalue weighted by Crippen LogP contribution is -2.41. The number of fused-ring (bicyclic) bond motifs is 1. The van der Waals surface area contributed by atoms with Gasteiger partial charge in [0.25, 0.3) is 0 Å². The van der Waals surface area contributed by atoms with Gasteiger partial charge in [0.1, 0.15) is 0 Å². The molecule has 0 fully saturated rings. The lowest BCUT2D eigenvalue weighted by molar-refractivity contribution is 0.0526. The quantitative estimate of drug-likeness (QED) is 0.444. The van der Waals surface area contributed by atoms with Crippen LogP contribution in [-0.4, -0.2) is 31.7 Å². The number of hydrogen-bond donors (Lipinski definition) is 0. The molecule has 0 amide bonds. The summed E-state index contributed by atoms with van der Waals surface area (Å²) < 4.78 is 5.15. The Balaban J connectivity index is 2.08. The van der Waals surface area contributed by atoms with Gasteiger partial charge in [0, 0.05) is 36.2 Å². The van der Waals surface area contributed by atoms with Gasteiger partial charge in [0.15, 0.2) is 0 Å². The molecular weight excluding hydrogens is 396 g/mol. The number of anilines is 3. The van der Waals surface area contributed by atoms with Crippen LogP contribution < -0.4 is 9.80 Å². The number of aryl methyl sites for hydroxylation is 1. The molecule has 1 heterocycles. The fourth-order valence-corrected chi connectivity index (χ4v) is 4.64. The average molecular weight is 437 g/mol. The largest absolute Gasteiger partial charge is 0.462 e. The van der Waals surface area contributed by atoms with Gasteiger partial charge in [-0.15, -0.1) is 0 Å². The SMILES string of the molecule is CCOC(=O)c1ccc(N(CC(C)C)c2cc3c(cc2C)N(C(C)C)CCC3(C)C)cc1. The third kappa shape index (κ3) is 4.95. The van der Waals surface area contributed by atoms with Crippen LogP contribution in [0.4, 0.5) is 17.1 Å². The predicted molar refractivity (Wildman–Crippen MR) is 136 cm³/mol. The van der Waals surface area contributed by atoms with Crippen molar-refractivity contribution >= 4 is 23.0 Å². The van der Waals surface area contributed by atoms with E-state index in [0.717, 1.165) is 25.2 Å². The van der Waals surface area contributed by atoms with Crippen molar-refractivity contribution in [3.8, 4) is 0 Å². The highest BCUT2D eigenvalue weighted by Gasteiger charge is 2.33. The summed E-state index contributed by atoms with van der Waals surface area (Å²) in [6, 6.07) is 13.1. The number of esters is 1. The van der Waals surface area contributed by atoms with Crippen LogP contribution >= 0.6 is 0 Å². The molecule has 1 aliphatic heterocycles. The number of benzene rings is 2. The van der Waals surface area contributed by atoms with E-state index in [4.69, 9.17) is 4.74 Å². The maximum absolute atomic E-state index is 12.1. The summed E-state index contributed by atoms with van der Waals surface area (Å²) in [4.78, 5) is 17.0. The summed E-state index contributed by atoms with van der Waals surface area (Å²) in [6.07, 6.45) is 1.15. The van der Waals surface area contributed by atoms with E-state index in [0.29, 0.717) is 24.1 Å². The molecular formula is C28H40N2O2. The molecule has 0 unspecified atom stereocenters. The minimum absolute atomic E-state index is 0.139. The monoisotopic (exact) mass is 436 g/mol. The molecule has 0 aliphatic carbocycles. The number of carbonyl (C=O) groups is 1. The second-order valence-electron chi connectivity index (χ2n) is 10.3. The van der Waals surface area contributed by atoms with Gasteiger partial charge in [0.2, 0.25) is 0 Å². The van der Waals surface area contributed by atoms with Crippen molar-refractivity contribution in [2.24, 2.45) is 5.92 Å². The van der Waals surface area contributed by atoms with Gasteiger partial charge in [-0.1, -0.05) is 27.7 Å². The van der Waals surface area contributed by atoms with E-state index in [-0.39, 0.29) is 11.4 Å². The van der Waals surface area contributed by atoms with Crippen molar-refractivity contribution in [2.45, 2.75) is 73.3 Å². The van der Waals surface area contributed by atoms with E-state index in [9.17, 15) is 4.79 Å². The minimum atomic E-state index is -0.269. The molecule has 32 heavy (non-hydrogen) atoms. The van der Waals surface area contributed by atoms with Gasteiger partial charge in [0.05, 0.1) is 12.2 Å². The highest BCUT2D eigenvalue weighted by Crippen LogP contribution is 2.44. The Morgan fingerprint density at radius 1 is 1.12 bits per heavy atom. The average Bonchev–Trinajstić information content (AvgIpc) is 2.72. The molecule has 0 saturated heterocycles. The van der Waals surface area contributed by atoms with Gasteiger partial charge >= 0.3 is 5.97 Å². The Labute approximate surface area is 194 Å². The van der Waals surface area contributed by atoms with E-state index in [1.807, 2.05) is 31.2 Å². The molecule has 0 bridgehead atoms. The summed E-state index contributed by atoms with van der Waals surface area (Å²) in [5.74, 6) is 0.227. The van der Waals surface area contributed by atoms with Crippen molar-refractivity contribution < 1.29 is 9.53 Å². The maximum Gasteiger partial charge on any atom is 0.338 e. The van der Waals surface area contributed by atoms with Gasteiger partial charge < -0.3 is 14.5 Å². The minimum Gasteiger partial charge on any atom is -0.462 e. The zero-order valence-corrected chi connectivity index (χ0v) is 21.2. The normalized spacial score (nSPS) is 15.1. The fraction of sp³-hybridized carbons (Fsp3) is 0.536. The topological polar surface area (TPSA) is 32.8 Å². The predicted octanol–water partition coefficient (Wildman–Crippen LogP) is 6.86. The molecule has 4 nitrogen and oxygen atoms in total. The second-order valence-corrected chi connectivity index (χ2v) is 10.3. The van der Waals surface area contributed by atoms with E-state index in [1.54, 1.807) is 0 Å². The molecule has 0 atom stereocenters. The Bertz CT molecular complexity index is 945. The van der Waals surface area contributed by atoms with Crippen LogP contribution in [0.25, 0.3) is 0 Å². The second kappa shape index (κ2) is 9.56. The zero-order valence-electron chi connectivity index (χ0n) is 21.2. The molecule has 2 aromatic rings. The highest BCUT2D eigenvalue weighted by atomic mass is 16.5. The van der Waals surface area contributed by atoms with E-state index >= 15 is 0 Å². The third-order valence-electron chi connectivity index (χ3n) is 6.48. The van der Waals surface area contributed by atoms with Crippen LogP contribution in [0.15, 0.2) is 36.4 Å². The summed E-state index contributed by atoms with van der Waals surface area (Å²) >= 11 is 0. The van der Waals surface area contributed by atoms with Crippen molar-refractivity contribution in [1.82, 2.24) is 0 Å². The molecule has 1 aliphatic rings. The molecule has 0 aromatic heterocycles. The van der Waals surface area contributed by atoms with Crippen LogP contribution in [0, 0.1) is 12.8 Å². The van der Waals surface area contributed by atoms with Crippen molar-refractivity contribution in [3.05, 3.63) is 53.1 Å². The Hall–Kier alpha value is -2.49. The van der Waals surface area contributed by atoms with E-state index in [2.05, 4.69) is 70.4 Å². The van der Waals surface area contributed by atoms with Crippen molar-refractivity contribution in [1.29, 1.82) is 0 Å². The lowest BCUT2D eigenvalue weighted by atomic mass is 9.76. The van der Waals surface area contributed by atoms with Gasteiger partial charge in [-0.05, 0) is 93.0 Å². The van der Waals surface area contributed by atoms with Crippen LogP contribution in [0.3, 0.4) is 0 Å². The lowest BCUT2D eigenvalue weighted by Gasteiger charge is -2.43. The smallest absolute Gasteiger partial charge is 0.338 e. The molecule has 0 saturated carbocycles. The molecule has 4 heteroatoms. The first-order valence-corrected chi connectivity index (χ1v) is 12.0. The van der Waals surface area contributed by atoms with Gasteiger partial charge in [-0.25, -0.2) is 4.79 Å². The summed E-state index contributed by atoms with van der Waals surface area (Å²) in [6.45, 7) is 20.2. The summed E-state index contributed by atoms with van der Waals surface area (Å²) in [5, 5.41) is 0. The number of nitrogens with zero attached hydrogens (tertiary/aromatic N) is 2. The molecule has 2 aromatic carbocycles. The number of carbonyl (C=O) groups excluding carboxylic acids is 1. The molecule has 0 N–H and O–H groups in total. The Kier molecular flexibility index (Phi) is 7.22. The number of rotatable bonds is 7. The molecule has 0 radical (unpaired) electrons. The van der Waals surface area contributed by atoms with Crippen LogP contribution in [0.5, 0.6) is 0 Å². The third-order valence-corrected chi connectivity index (χ3v) is 6.48. The standard InChI is InChI=1S/C28H40N2O2/c1-9-32-27(31)22-10-12-23(13-11-22)30(18-19(2)3)25-17-24-26(16-21(25)6)29(20(4)5)15-14-28(24,7)8/h10-13,16-17,19-20H,9,14-15,18H2,1-8H3. The van der Waals surface area contributed by atoms with Crippen molar-refractivity contribution in [2.75, 3.05) is 29.5 Å². The van der Waals surface area contributed by atoms with E-state index < -0.39 is 0 Å². The molecule has 3 rings (SSSR count). The highest BCUT2D eigenvalue weighted by molar-refractivity contribution is 5.90. The Morgan fingerprint density at radius 2 is 1.78 bits per heavy atom. The summed E-state index contributed by atoms with van der Waals surface area (Å²) in [5.41, 5.74) is 7.16. The van der Waals surface area contributed by atoms with E-state index in [1.165, 1.54) is 22.5 Å². The van der Waals surface area contributed by atoms with Crippen LogP contribution in [0.2, 0.25) is 0 Å². The molecule has 174 valence electrons. The van der Waals surface area contributed by atoms with Gasteiger partial charge in [-0.2, -0.15) is 0 Å². The number of hydrogen-bond acceptors (Lipinski definition) is 4. The Morgan fingerprint density at radius 3 is 2.34 bits per heavy atom. The number of ether oxygens (including phenoxy) is 1. The maximum atomic E-state index is 12.1. The fourth-order valence-electron chi connectivity index (χ4n) is 4.64. The molecule has 0 spiro atoms. The van der Waals surface area contributed by atoms with Crippen LogP contribution in [-0.2, 0) is 10.2 Å². The van der Waals surface area contributed by atoms with Crippen molar-refractivity contribution in [3.63, 3.8) is 0 Å². The zero-order chi connectivity index (χ0) is 23.6. The summed E-state index contributed by atoms with van der Waals surface area (Å²) in [7, 11) is 0. The van der Waals surface area contributed by atoms with Gasteiger partial charge in [-0.3, -0.25) is 0 Å². The first-order valence-electron chi connectivity index (χ1n) is 12.0.